The van der Waals surface area contributed by atoms with Gasteiger partial charge >= 0.3 is 0 Å². The average Bonchev–Trinajstić information content (AvgIpc) is 2.75. The molecule has 2 rings (SSSR count). The summed E-state index contributed by atoms with van der Waals surface area (Å²) in [5.41, 5.74) is 4.43. The lowest BCUT2D eigenvalue weighted by Gasteiger charge is -2.08. The normalized spacial score (nSPS) is 10.4. The first-order chi connectivity index (χ1) is 8.59. The van der Waals surface area contributed by atoms with E-state index in [0.717, 1.165) is 20.6 Å². The molecule has 0 spiro atoms. The number of thiazole rings is 1. The number of hydrogen-bond donors (Lipinski definition) is 1. The van der Waals surface area contributed by atoms with Crippen molar-refractivity contribution in [2.24, 2.45) is 0 Å². The zero-order chi connectivity index (χ0) is 13.1. The fraction of sp³-hybridized carbons (Fsp3) is 0.231. The second kappa shape index (κ2) is 5.63. The Bertz CT molecular complexity index is 580. The van der Waals surface area contributed by atoms with Crippen molar-refractivity contribution in [3.63, 3.8) is 0 Å². The fourth-order valence-corrected chi connectivity index (χ4v) is 2.69. The van der Waals surface area contributed by atoms with Gasteiger partial charge in [0, 0.05) is 14.9 Å². The zero-order valence-electron chi connectivity index (χ0n) is 10.2. The number of aromatic nitrogens is 1. The molecule has 2 aromatic rings. The van der Waals surface area contributed by atoms with Crippen LogP contribution >= 0.6 is 27.3 Å². The zero-order valence-corrected chi connectivity index (χ0v) is 12.6. The molecule has 18 heavy (non-hydrogen) atoms. The van der Waals surface area contributed by atoms with Crippen LogP contribution in [0.5, 0.6) is 0 Å². The van der Waals surface area contributed by atoms with Gasteiger partial charge in [-0.05, 0) is 31.5 Å². The third-order valence-electron chi connectivity index (χ3n) is 2.77. The highest BCUT2D eigenvalue weighted by molar-refractivity contribution is 9.10. The van der Waals surface area contributed by atoms with Crippen LogP contribution in [0.2, 0.25) is 0 Å². The van der Waals surface area contributed by atoms with Crippen molar-refractivity contribution in [3.05, 3.63) is 49.9 Å². The Balaban J connectivity index is 2.09. The van der Waals surface area contributed by atoms with Gasteiger partial charge in [-0.1, -0.05) is 22.0 Å². The average molecular weight is 325 g/mol. The van der Waals surface area contributed by atoms with Gasteiger partial charge in [0.1, 0.15) is 0 Å². The molecule has 3 nitrogen and oxygen atoms in total. The molecular weight excluding hydrogens is 312 g/mol. The van der Waals surface area contributed by atoms with Crippen LogP contribution in [0.25, 0.3) is 0 Å². The molecule has 0 radical (unpaired) electrons. The molecule has 0 aliphatic rings. The Morgan fingerprint density at radius 2 is 2.22 bits per heavy atom. The third kappa shape index (κ3) is 2.79. The highest BCUT2D eigenvalue weighted by Gasteiger charge is 2.11. The number of aryl methyl sites for hydroxylation is 1. The van der Waals surface area contributed by atoms with Crippen molar-refractivity contribution in [2.75, 3.05) is 0 Å². The van der Waals surface area contributed by atoms with Crippen LogP contribution in [0.3, 0.4) is 0 Å². The van der Waals surface area contributed by atoms with Crippen molar-refractivity contribution < 1.29 is 4.79 Å². The first kappa shape index (κ1) is 13.2. The van der Waals surface area contributed by atoms with Crippen LogP contribution in [0.15, 0.2) is 28.2 Å². The number of rotatable bonds is 3. The minimum atomic E-state index is -0.0541. The molecule has 1 amide bonds. The van der Waals surface area contributed by atoms with Crippen LogP contribution < -0.4 is 5.32 Å². The molecule has 0 fully saturated rings. The number of nitrogens with zero attached hydrogens (tertiary/aromatic N) is 1. The summed E-state index contributed by atoms with van der Waals surface area (Å²) in [5, 5.41) is 2.92. The summed E-state index contributed by atoms with van der Waals surface area (Å²) in [7, 11) is 0. The van der Waals surface area contributed by atoms with E-state index in [0.29, 0.717) is 12.1 Å². The van der Waals surface area contributed by atoms with Gasteiger partial charge in [-0.25, -0.2) is 4.98 Å². The number of halogens is 1. The quantitative estimate of drug-likeness (QED) is 0.939. The second-order valence-corrected chi connectivity index (χ2v) is 5.75. The SMILES string of the molecule is Cc1ncsc1CNC(=O)c1cccc(Br)c1C. The van der Waals surface area contributed by atoms with E-state index in [1.165, 1.54) is 0 Å². The number of hydrogen-bond acceptors (Lipinski definition) is 3. The van der Waals surface area contributed by atoms with Crippen LogP contribution in [0.4, 0.5) is 0 Å². The molecule has 0 aliphatic carbocycles. The van der Waals surface area contributed by atoms with Crippen molar-refractivity contribution >= 4 is 33.2 Å². The fourth-order valence-electron chi connectivity index (χ4n) is 1.61. The van der Waals surface area contributed by atoms with E-state index >= 15 is 0 Å². The van der Waals surface area contributed by atoms with Crippen LogP contribution in [0, 0.1) is 13.8 Å². The Morgan fingerprint density at radius 1 is 1.44 bits per heavy atom. The van der Waals surface area contributed by atoms with Gasteiger partial charge in [0.15, 0.2) is 0 Å². The van der Waals surface area contributed by atoms with Gasteiger partial charge in [-0.3, -0.25) is 4.79 Å². The summed E-state index contributed by atoms with van der Waals surface area (Å²) in [4.78, 5) is 17.3. The molecule has 0 saturated carbocycles. The molecule has 0 bridgehead atoms. The van der Waals surface area contributed by atoms with E-state index in [2.05, 4.69) is 26.2 Å². The van der Waals surface area contributed by atoms with Crippen molar-refractivity contribution in [1.29, 1.82) is 0 Å². The number of carbonyl (C=O) groups is 1. The Labute approximate surface area is 118 Å². The lowest BCUT2D eigenvalue weighted by Crippen LogP contribution is -2.23. The lowest BCUT2D eigenvalue weighted by molar-refractivity contribution is 0.0950. The molecule has 94 valence electrons. The molecule has 1 aromatic heterocycles. The van der Waals surface area contributed by atoms with Gasteiger partial charge in [0.05, 0.1) is 17.7 Å². The number of nitrogens with one attached hydrogen (secondary N) is 1. The maximum absolute atomic E-state index is 12.1. The first-order valence-electron chi connectivity index (χ1n) is 5.52. The summed E-state index contributed by atoms with van der Waals surface area (Å²) >= 11 is 4.99. The smallest absolute Gasteiger partial charge is 0.251 e. The lowest BCUT2D eigenvalue weighted by atomic mass is 10.1. The summed E-state index contributed by atoms with van der Waals surface area (Å²) in [5.74, 6) is -0.0541. The number of benzene rings is 1. The van der Waals surface area contributed by atoms with E-state index in [1.54, 1.807) is 16.8 Å². The topological polar surface area (TPSA) is 42.0 Å². The minimum Gasteiger partial charge on any atom is -0.347 e. The molecule has 1 N–H and O–H groups in total. The maximum Gasteiger partial charge on any atom is 0.251 e. The molecule has 0 aliphatic heterocycles. The van der Waals surface area contributed by atoms with Gasteiger partial charge < -0.3 is 5.32 Å². The van der Waals surface area contributed by atoms with E-state index in [9.17, 15) is 4.79 Å². The monoisotopic (exact) mass is 324 g/mol. The van der Waals surface area contributed by atoms with Crippen molar-refractivity contribution in [2.45, 2.75) is 20.4 Å². The summed E-state index contributed by atoms with van der Waals surface area (Å²) in [6, 6.07) is 5.62. The Morgan fingerprint density at radius 3 is 2.89 bits per heavy atom. The summed E-state index contributed by atoms with van der Waals surface area (Å²) in [6.07, 6.45) is 0. The highest BCUT2D eigenvalue weighted by atomic mass is 79.9. The molecule has 1 heterocycles. The standard InChI is InChI=1S/C13H13BrN2OS/c1-8-10(4-3-5-11(8)14)13(17)15-6-12-9(2)16-7-18-12/h3-5,7H,6H2,1-2H3,(H,15,17). The van der Waals surface area contributed by atoms with E-state index in [-0.39, 0.29) is 5.91 Å². The predicted molar refractivity (Wildman–Crippen MR) is 76.9 cm³/mol. The molecular formula is C13H13BrN2OS. The molecule has 0 atom stereocenters. The first-order valence-corrected chi connectivity index (χ1v) is 7.19. The molecule has 5 heteroatoms. The van der Waals surface area contributed by atoms with Crippen LogP contribution in [0.1, 0.15) is 26.5 Å². The molecule has 0 saturated heterocycles. The van der Waals surface area contributed by atoms with Gasteiger partial charge in [-0.15, -0.1) is 11.3 Å². The molecule has 1 aromatic carbocycles. The largest absolute Gasteiger partial charge is 0.347 e. The predicted octanol–water partition coefficient (Wildman–Crippen LogP) is 3.45. The van der Waals surface area contributed by atoms with Gasteiger partial charge in [0.25, 0.3) is 5.91 Å². The van der Waals surface area contributed by atoms with Gasteiger partial charge in [0.2, 0.25) is 0 Å². The van der Waals surface area contributed by atoms with Crippen LogP contribution in [-0.2, 0) is 6.54 Å². The van der Waals surface area contributed by atoms with Crippen LogP contribution in [-0.4, -0.2) is 10.9 Å². The van der Waals surface area contributed by atoms with Crippen molar-refractivity contribution in [3.8, 4) is 0 Å². The van der Waals surface area contributed by atoms with E-state index < -0.39 is 0 Å². The Hall–Kier alpha value is -1.20. The summed E-state index contributed by atoms with van der Waals surface area (Å²) < 4.78 is 0.948. The van der Waals surface area contributed by atoms with E-state index in [4.69, 9.17) is 0 Å². The highest BCUT2D eigenvalue weighted by Crippen LogP contribution is 2.19. The van der Waals surface area contributed by atoms with Crippen molar-refractivity contribution in [1.82, 2.24) is 10.3 Å². The number of carbonyl (C=O) groups excluding carboxylic acids is 1. The Kier molecular flexibility index (Phi) is 4.14. The van der Waals surface area contributed by atoms with Gasteiger partial charge in [-0.2, -0.15) is 0 Å². The summed E-state index contributed by atoms with van der Waals surface area (Å²) in [6.45, 7) is 4.40. The minimum absolute atomic E-state index is 0.0541. The number of amides is 1. The van der Waals surface area contributed by atoms with E-state index in [1.807, 2.05) is 32.0 Å². The second-order valence-electron chi connectivity index (χ2n) is 3.96. The third-order valence-corrected chi connectivity index (χ3v) is 4.56. The maximum atomic E-state index is 12.1. The molecule has 0 unspecified atom stereocenters.